The van der Waals surface area contributed by atoms with Crippen LogP contribution < -0.4 is 10.1 Å². The van der Waals surface area contributed by atoms with Gasteiger partial charge in [0.15, 0.2) is 6.61 Å². The summed E-state index contributed by atoms with van der Waals surface area (Å²) in [4.78, 5) is 11.8. The number of anilines is 1. The van der Waals surface area contributed by atoms with Crippen LogP contribution in [0.2, 0.25) is 5.02 Å². The Morgan fingerprint density at radius 3 is 2.80 bits per heavy atom. The molecule has 0 bridgehead atoms. The Balaban J connectivity index is 1.94. The quantitative estimate of drug-likeness (QED) is 0.931. The molecule has 0 saturated carbocycles. The molecule has 5 heteroatoms. The molecule has 0 heterocycles. The third-order valence-corrected chi connectivity index (χ3v) is 3.12. The van der Waals surface area contributed by atoms with E-state index in [-0.39, 0.29) is 12.5 Å². The highest BCUT2D eigenvalue weighted by Crippen LogP contribution is 2.22. The summed E-state index contributed by atoms with van der Waals surface area (Å²) in [5.74, 6) is -0.434. The van der Waals surface area contributed by atoms with Crippen molar-refractivity contribution >= 4 is 23.2 Å². The molecule has 0 radical (unpaired) electrons. The fraction of sp³-hybridized carbons (Fsp3) is 0.133. The topological polar surface area (TPSA) is 38.3 Å². The Bertz CT molecular complexity index is 631. The Morgan fingerprint density at radius 2 is 2.05 bits per heavy atom. The number of halogens is 2. The highest BCUT2D eigenvalue weighted by atomic mass is 35.5. The molecule has 0 aliphatic rings. The normalized spacial score (nSPS) is 10.2. The summed E-state index contributed by atoms with van der Waals surface area (Å²) in [7, 11) is 0. The van der Waals surface area contributed by atoms with E-state index in [0.29, 0.717) is 16.5 Å². The van der Waals surface area contributed by atoms with Gasteiger partial charge < -0.3 is 10.1 Å². The number of ether oxygens (including phenoxy) is 1. The molecule has 2 rings (SSSR count). The van der Waals surface area contributed by atoms with Gasteiger partial charge in [0.1, 0.15) is 11.6 Å². The molecule has 2 aromatic rings. The Kier molecular flexibility index (Phi) is 4.58. The van der Waals surface area contributed by atoms with Crippen molar-refractivity contribution < 1.29 is 13.9 Å². The molecule has 0 aliphatic heterocycles. The molecular formula is C15H13ClFNO2. The van der Waals surface area contributed by atoms with Crippen LogP contribution in [-0.2, 0) is 4.79 Å². The number of benzene rings is 2. The summed E-state index contributed by atoms with van der Waals surface area (Å²) < 4.78 is 18.1. The van der Waals surface area contributed by atoms with E-state index in [1.807, 2.05) is 6.92 Å². The maximum absolute atomic E-state index is 12.9. The van der Waals surface area contributed by atoms with Crippen LogP contribution >= 0.6 is 11.6 Å². The lowest BCUT2D eigenvalue weighted by atomic mass is 10.2. The molecule has 1 amide bonds. The first-order valence-corrected chi connectivity index (χ1v) is 6.37. The number of nitrogens with one attached hydrogen (secondary N) is 1. The lowest BCUT2D eigenvalue weighted by Crippen LogP contribution is -2.20. The second-order valence-corrected chi connectivity index (χ2v) is 4.61. The Morgan fingerprint density at radius 1 is 1.30 bits per heavy atom. The fourth-order valence-corrected chi connectivity index (χ4v) is 1.81. The van der Waals surface area contributed by atoms with Crippen LogP contribution in [0.25, 0.3) is 0 Å². The van der Waals surface area contributed by atoms with E-state index in [1.165, 1.54) is 18.2 Å². The molecule has 1 N–H and O–H groups in total. The SMILES string of the molecule is Cc1c(Cl)cccc1NC(=O)COc1cccc(F)c1. The molecule has 0 fully saturated rings. The minimum absolute atomic E-state index is 0.199. The second kappa shape index (κ2) is 6.39. The van der Waals surface area contributed by atoms with E-state index in [4.69, 9.17) is 16.3 Å². The van der Waals surface area contributed by atoms with Crippen molar-refractivity contribution in [2.75, 3.05) is 11.9 Å². The van der Waals surface area contributed by atoms with Gasteiger partial charge in [-0.3, -0.25) is 4.79 Å². The van der Waals surface area contributed by atoms with Crippen molar-refractivity contribution in [1.82, 2.24) is 0 Å². The highest BCUT2D eigenvalue weighted by Gasteiger charge is 2.07. The first-order chi connectivity index (χ1) is 9.56. The van der Waals surface area contributed by atoms with Crippen molar-refractivity contribution in [2.24, 2.45) is 0 Å². The van der Waals surface area contributed by atoms with Gasteiger partial charge in [-0.15, -0.1) is 0 Å². The number of hydrogen-bond donors (Lipinski definition) is 1. The molecule has 2 aromatic carbocycles. The molecule has 0 saturated heterocycles. The fourth-order valence-electron chi connectivity index (χ4n) is 1.63. The van der Waals surface area contributed by atoms with Gasteiger partial charge in [-0.25, -0.2) is 4.39 Å². The monoisotopic (exact) mass is 293 g/mol. The summed E-state index contributed by atoms with van der Waals surface area (Å²) in [5, 5.41) is 3.27. The summed E-state index contributed by atoms with van der Waals surface area (Å²) in [6.07, 6.45) is 0. The molecule has 20 heavy (non-hydrogen) atoms. The van der Waals surface area contributed by atoms with Crippen molar-refractivity contribution in [2.45, 2.75) is 6.92 Å². The lowest BCUT2D eigenvalue weighted by molar-refractivity contribution is -0.118. The van der Waals surface area contributed by atoms with Gasteiger partial charge in [-0.05, 0) is 36.8 Å². The number of carbonyl (C=O) groups is 1. The van der Waals surface area contributed by atoms with Crippen molar-refractivity contribution in [3.8, 4) is 5.75 Å². The minimum Gasteiger partial charge on any atom is -0.484 e. The lowest BCUT2D eigenvalue weighted by Gasteiger charge is -2.10. The second-order valence-electron chi connectivity index (χ2n) is 4.21. The highest BCUT2D eigenvalue weighted by molar-refractivity contribution is 6.31. The van der Waals surface area contributed by atoms with E-state index in [9.17, 15) is 9.18 Å². The van der Waals surface area contributed by atoms with Crippen LogP contribution in [0, 0.1) is 12.7 Å². The third kappa shape index (κ3) is 3.71. The number of amides is 1. The van der Waals surface area contributed by atoms with E-state index in [0.717, 1.165) is 5.56 Å². The number of rotatable bonds is 4. The largest absolute Gasteiger partial charge is 0.484 e. The number of hydrogen-bond acceptors (Lipinski definition) is 2. The van der Waals surface area contributed by atoms with Crippen LogP contribution in [0.15, 0.2) is 42.5 Å². The molecule has 104 valence electrons. The van der Waals surface area contributed by atoms with Crippen molar-refractivity contribution in [1.29, 1.82) is 0 Å². The van der Waals surface area contributed by atoms with Gasteiger partial charge in [-0.2, -0.15) is 0 Å². The molecule has 0 spiro atoms. The average molecular weight is 294 g/mol. The van der Waals surface area contributed by atoms with Crippen LogP contribution in [0.4, 0.5) is 10.1 Å². The zero-order valence-corrected chi connectivity index (χ0v) is 11.6. The maximum Gasteiger partial charge on any atom is 0.262 e. The maximum atomic E-state index is 12.9. The summed E-state index contributed by atoms with van der Waals surface area (Å²) in [5.41, 5.74) is 1.42. The van der Waals surface area contributed by atoms with Gasteiger partial charge >= 0.3 is 0 Å². The van der Waals surface area contributed by atoms with Crippen molar-refractivity contribution in [3.05, 3.63) is 58.9 Å². The predicted molar refractivity (Wildman–Crippen MR) is 76.7 cm³/mol. The predicted octanol–water partition coefficient (Wildman–Crippen LogP) is 3.81. The first-order valence-electron chi connectivity index (χ1n) is 5.99. The van der Waals surface area contributed by atoms with Gasteiger partial charge in [0, 0.05) is 16.8 Å². The molecule has 0 unspecified atom stereocenters. The van der Waals surface area contributed by atoms with Gasteiger partial charge in [-0.1, -0.05) is 23.7 Å². The Labute approximate surface area is 121 Å². The zero-order chi connectivity index (χ0) is 14.5. The number of carbonyl (C=O) groups excluding carboxylic acids is 1. The summed E-state index contributed by atoms with van der Waals surface area (Å²) in [6.45, 7) is 1.61. The molecular weight excluding hydrogens is 281 g/mol. The molecule has 0 aromatic heterocycles. The molecule has 3 nitrogen and oxygen atoms in total. The van der Waals surface area contributed by atoms with Crippen molar-refractivity contribution in [3.63, 3.8) is 0 Å². The zero-order valence-electron chi connectivity index (χ0n) is 10.8. The Hall–Kier alpha value is -2.07. The van der Waals surface area contributed by atoms with E-state index in [2.05, 4.69) is 5.32 Å². The summed E-state index contributed by atoms with van der Waals surface area (Å²) in [6, 6.07) is 10.9. The molecule has 0 aliphatic carbocycles. The standard InChI is InChI=1S/C15H13ClFNO2/c1-10-13(16)6-3-7-14(10)18-15(19)9-20-12-5-2-4-11(17)8-12/h2-8H,9H2,1H3,(H,18,19). The first kappa shape index (κ1) is 14.3. The van der Waals surface area contributed by atoms with Crippen LogP contribution in [0.1, 0.15) is 5.56 Å². The van der Waals surface area contributed by atoms with Gasteiger partial charge in [0.2, 0.25) is 0 Å². The van der Waals surface area contributed by atoms with Crippen LogP contribution in [0.3, 0.4) is 0 Å². The van der Waals surface area contributed by atoms with Gasteiger partial charge in [0.25, 0.3) is 5.91 Å². The van der Waals surface area contributed by atoms with Gasteiger partial charge in [0.05, 0.1) is 0 Å². The van der Waals surface area contributed by atoms with E-state index in [1.54, 1.807) is 24.3 Å². The van der Waals surface area contributed by atoms with Crippen LogP contribution in [-0.4, -0.2) is 12.5 Å². The minimum atomic E-state index is -0.409. The van der Waals surface area contributed by atoms with E-state index >= 15 is 0 Å². The van der Waals surface area contributed by atoms with E-state index < -0.39 is 5.82 Å². The molecule has 0 atom stereocenters. The smallest absolute Gasteiger partial charge is 0.262 e. The third-order valence-electron chi connectivity index (χ3n) is 2.71. The average Bonchev–Trinajstić information content (AvgIpc) is 2.42. The summed E-state index contributed by atoms with van der Waals surface area (Å²) >= 11 is 5.96. The van der Waals surface area contributed by atoms with Crippen LogP contribution in [0.5, 0.6) is 5.75 Å².